The molecule has 3 heteroatoms. The highest BCUT2D eigenvalue weighted by Crippen LogP contribution is 2.27. The highest BCUT2D eigenvalue weighted by molar-refractivity contribution is 5.83. The zero-order chi connectivity index (χ0) is 15.2. The number of nitrogens with zero attached hydrogens (tertiary/aromatic N) is 1. The van der Waals surface area contributed by atoms with Crippen molar-refractivity contribution in [3.8, 4) is 5.75 Å². The van der Waals surface area contributed by atoms with Gasteiger partial charge in [-0.15, -0.1) is 0 Å². The first-order valence-corrected chi connectivity index (χ1v) is 7.10. The zero-order valence-electron chi connectivity index (χ0n) is 12.7. The maximum atomic E-state index is 8.84. The van der Waals surface area contributed by atoms with Gasteiger partial charge in [-0.25, -0.2) is 0 Å². The van der Waals surface area contributed by atoms with Crippen molar-refractivity contribution in [2.45, 2.75) is 33.3 Å². The summed E-state index contributed by atoms with van der Waals surface area (Å²) in [7, 11) is 0. The molecule has 0 radical (unpaired) electrons. The van der Waals surface area contributed by atoms with E-state index in [1.54, 1.807) is 0 Å². The van der Waals surface area contributed by atoms with Gasteiger partial charge in [-0.3, -0.25) is 0 Å². The van der Waals surface area contributed by atoms with Crippen LogP contribution in [-0.4, -0.2) is 11.4 Å². The summed E-state index contributed by atoms with van der Waals surface area (Å²) in [5.41, 5.74) is 4.32. The highest BCUT2D eigenvalue weighted by Gasteiger charge is 2.10. The molecule has 0 spiro atoms. The topological polar surface area (TPSA) is 41.8 Å². The Hall–Kier alpha value is -2.29. The van der Waals surface area contributed by atoms with Crippen LogP contribution in [0.2, 0.25) is 0 Å². The van der Waals surface area contributed by atoms with Crippen LogP contribution in [0.5, 0.6) is 5.75 Å². The van der Waals surface area contributed by atoms with Crippen LogP contribution < -0.4 is 4.74 Å². The van der Waals surface area contributed by atoms with Gasteiger partial charge in [0.2, 0.25) is 0 Å². The van der Waals surface area contributed by atoms with Crippen molar-refractivity contribution in [2.75, 3.05) is 0 Å². The Morgan fingerprint density at radius 1 is 1.19 bits per heavy atom. The van der Waals surface area contributed by atoms with Crippen LogP contribution in [0.25, 0.3) is 0 Å². The number of hydrogen-bond donors (Lipinski definition) is 1. The number of hydrogen-bond acceptors (Lipinski definition) is 3. The molecule has 0 aliphatic carbocycles. The minimum absolute atomic E-state index is 0.416. The maximum Gasteiger partial charge on any atom is 0.128 e. The first-order chi connectivity index (χ1) is 10.1. The lowest BCUT2D eigenvalue weighted by Crippen LogP contribution is -2.02. The minimum atomic E-state index is 0.416. The van der Waals surface area contributed by atoms with E-state index in [4.69, 9.17) is 9.94 Å². The predicted octanol–water partition coefficient (Wildman–Crippen LogP) is 4.51. The van der Waals surface area contributed by atoms with E-state index < -0.39 is 0 Å². The Bertz CT molecular complexity index is 619. The molecule has 0 aliphatic heterocycles. The summed E-state index contributed by atoms with van der Waals surface area (Å²) in [4.78, 5) is 0. The lowest BCUT2D eigenvalue weighted by molar-refractivity contribution is 0.304. The molecule has 0 atom stereocenters. The molecule has 0 bridgehead atoms. The van der Waals surface area contributed by atoms with Crippen LogP contribution in [0.1, 0.15) is 42.0 Å². The second kappa shape index (κ2) is 6.93. The van der Waals surface area contributed by atoms with Crippen LogP contribution in [0.15, 0.2) is 47.6 Å². The van der Waals surface area contributed by atoms with Crippen molar-refractivity contribution in [1.82, 2.24) is 0 Å². The summed E-state index contributed by atoms with van der Waals surface area (Å²) in [6.45, 7) is 6.86. The van der Waals surface area contributed by atoms with E-state index >= 15 is 0 Å². The van der Waals surface area contributed by atoms with Crippen molar-refractivity contribution in [3.05, 3.63) is 64.7 Å². The minimum Gasteiger partial charge on any atom is -0.488 e. The zero-order valence-corrected chi connectivity index (χ0v) is 12.7. The summed E-state index contributed by atoms with van der Waals surface area (Å²) in [6, 6.07) is 14.0. The molecule has 2 aromatic rings. The number of rotatable bonds is 5. The van der Waals surface area contributed by atoms with Crippen molar-refractivity contribution < 1.29 is 9.94 Å². The van der Waals surface area contributed by atoms with Crippen LogP contribution in [-0.2, 0) is 6.61 Å². The van der Waals surface area contributed by atoms with Gasteiger partial charge in [-0.05, 0) is 41.7 Å². The molecule has 0 aliphatic rings. The van der Waals surface area contributed by atoms with E-state index in [1.165, 1.54) is 17.3 Å². The Kier molecular flexibility index (Phi) is 4.99. The van der Waals surface area contributed by atoms with Crippen molar-refractivity contribution in [2.24, 2.45) is 5.16 Å². The Balaban J connectivity index is 2.27. The van der Waals surface area contributed by atoms with E-state index in [2.05, 4.69) is 25.9 Å². The monoisotopic (exact) mass is 283 g/mol. The molecule has 2 rings (SSSR count). The summed E-state index contributed by atoms with van der Waals surface area (Å²) >= 11 is 0. The molecule has 0 heterocycles. The Morgan fingerprint density at radius 3 is 2.52 bits per heavy atom. The third-order valence-electron chi connectivity index (χ3n) is 3.45. The van der Waals surface area contributed by atoms with Crippen LogP contribution in [0.3, 0.4) is 0 Å². The van der Waals surface area contributed by atoms with Gasteiger partial charge in [-0.2, -0.15) is 0 Å². The highest BCUT2D eigenvalue weighted by atomic mass is 16.5. The lowest BCUT2D eigenvalue weighted by Gasteiger charge is -2.15. The molecule has 3 nitrogen and oxygen atoms in total. The van der Waals surface area contributed by atoms with Crippen molar-refractivity contribution >= 4 is 6.21 Å². The molecule has 2 aromatic carbocycles. The third-order valence-corrected chi connectivity index (χ3v) is 3.45. The van der Waals surface area contributed by atoms with Gasteiger partial charge in [0.05, 0.1) is 6.21 Å². The molecule has 0 amide bonds. The fourth-order valence-electron chi connectivity index (χ4n) is 2.36. The lowest BCUT2D eigenvalue weighted by atomic mass is 9.95. The van der Waals surface area contributed by atoms with Gasteiger partial charge in [0.1, 0.15) is 12.4 Å². The second-order valence-electron chi connectivity index (χ2n) is 5.42. The van der Waals surface area contributed by atoms with E-state index in [0.29, 0.717) is 12.5 Å². The van der Waals surface area contributed by atoms with Crippen LogP contribution in [0, 0.1) is 6.92 Å². The number of oxime groups is 1. The summed E-state index contributed by atoms with van der Waals surface area (Å²) in [5, 5.41) is 12.0. The summed E-state index contributed by atoms with van der Waals surface area (Å²) < 4.78 is 5.89. The van der Waals surface area contributed by atoms with Gasteiger partial charge in [0, 0.05) is 5.56 Å². The average molecular weight is 283 g/mol. The smallest absolute Gasteiger partial charge is 0.128 e. The molecule has 0 saturated carbocycles. The fourth-order valence-corrected chi connectivity index (χ4v) is 2.36. The molecule has 1 N–H and O–H groups in total. The molecule has 21 heavy (non-hydrogen) atoms. The Labute approximate surface area is 125 Å². The van der Waals surface area contributed by atoms with Crippen LogP contribution >= 0.6 is 0 Å². The van der Waals surface area contributed by atoms with Gasteiger partial charge in [-0.1, -0.05) is 49.3 Å². The maximum absolute atomic E-state index is 8.84. The van der Waals surface area contributed by atoms with E-state index in [9.17, 15) is 0 Å². The normalized spacial score (nSPS) is 11.2. The standard InChI is InChI=1S/C18H21NO2/c1-13(2)17-10-16(11-19-20)18(9-14(17)3)21-12-15-7-5-4-6-8-15/h4-11,13,20H,12H2,1-3H3/b19-11+. The van der Waals surface area contributed by atoms with Gasteiger partial charge < -0.3 is 9.94 Å². The molecule has 0 unspecified atom stereocenters. The van der Waals surface area contributed by atoms with Crippen LogP contribution in [0.4, 0.5) is 0 Å². The number of aryl methyl sites for hydroxylation is 1. The molecule has 0 saturated heterocycles. The summed E-state index contributed by atoms with van der Waals surface area (Å²) in [5.74, 6) is 1.15. The molecular weight excluding hydrogens is 262 g/mol. The first kappa shape index (κ1) is 15.1. The Morgan fingerprint density at radius 2 is 1.90 bits per heavy atom. The SMILES string of the molecule is Cc1cc(OCc2ccccc2)c(/C=N/O)cc1C(C)C. The average Bonchev–Trinajstić information content (AvgIpc) is 2.48. The quantitative estimate of drug-likeness (QED) is 0.498. The molecular formula is C18H21NO2. The molecule has 110 valence electrons. The largest absolute Gasteiger partial charge is 0.488 e. The van der Waals surface area contributed by atoms with E-state index in [1.807, 2.05) is 42.5 Å². The molecule has 0 fully saturated rings. The second-order valence-corrected chi connectivity index (χ2v) is 5.42. The number of benzene rings is 2. The van der Waals surface area contributed by atoms with Gasteiger partial charge >= 0.3 is 0 Å². The van der Waals surface area contributed by atoms with Crippen molar-refractivity contribution in [1.29, 1.82) is 0 Å². The predicted molar refractivity (Wildman–Crippen MR) is 85.4 cm³/mol. The van der Waals surface area contributed by atoms with Crippen molar-refractivity contribution in [3.63, 3.8) is 0 Å². The first-order valence-electron chi connectivity index (χ1n) is 7.10. The van der Waals surface area contributed by atoms with Gasteiger partial charge in [0.25, 0.3) is 0 Å². The van der Waals surface area contributed by atoms with Gasteiger partial charge in [0.15, 0.2) is 0 Å². The molecule has 0 aromatic heterocycles. The summed E-state index contributed by atoms with van der Waals surface area (Å²) in [6.07, 6.45) is 1.42. The fraction of sp³-hybridized carbons (Fsp3) is 0.278. The third kappa shape index (κ3) is 3.85. The van der Waals surface area contributed by atoms with E-state index in [0.717, 1.165) is 16.9 Å². The number of ether oxygens (including phenoxy) is 1. The van der Waals surface area contributed by atoms with E-state index in [-0.39, 0.29) is 0 Å².